The van der Waals surface area contributed by atoms with Gasteiger partial charge in [0.1, 0.15) is 5.75 Å². The lowest BCUT2D eigenvalue weighted by atomic mass is 10.2. The minimum atomic E-state index is -0.203. The highest BCUT2D eigenvalue weighted by Gasteiger charge is 2.03. The quantitative estimate of drug-likeness (QED) is 0.826. The minimum Gasteiger partial charge on any atom is -0.484 e. The number of hydrogen-bond donors (Lipinski definition) is 2. The van der Waals surface area contributed by atoms with Crippen molar-refractivity contribution in [2.45, 2.75) is 6.92 Å². The lowest BCUT2D eigenvalue weighted by Gasteiger charge is -2.08. The molecule has 1 amide bonds. The van der Waals surface area contributed by atoms with Crippen LogP contribution in [0.1, 0.15) is 5.56 Å². The average Bonchev–Trinajstić information content (AvgIpc) is 2.39. The molecule has 0 spiro atoms. The highest BCUT2D eigenvalue weighted by atomic mass is 16.5. The van der Waals surface area contributed by atoms with Gasteiger partial charge in [-0.15, -0.1) is 0 Å². The molecule has 4 heteroatoms. The van der Waals surface area contributed by atoms with Crippen LogP contribution in [0.2, 0.25) is 0 Å². The van der Waals surface area contributed by atoms with E-state index in [2.05, 4.69) is 5.32 Å². The molecule has 0 saturated carbocycles. The first-order valence-electron chi connectivity index (χ1n) is 5.98. The van der Waals surface area contributed by atoms with Crippen molar-refractivity contribution in [1.82, 2.24) is 0 Å². The Bertz CT molecular complexity index is 565. The third-order valence-corrected chi connectivity index (χ3v) is 2.56. The molecule has 0 bridgehead atoms. The molecule has 3 N–H and O–H groups in total. The summed E-state index contributed by atoms with van der Waals surface area (Å²) in [5, 5.41) is 2.76. The molecular weight excluding hydrogens is 240 g/mol. The third-order valence-electron chi connectivity index (χ3n) is 2.56. The number of amides is 1. The monoisotopic (exact) mass is 256 g/mol. The predicted molar refractivity (Wildman–Crippen MR) is 76.2 cm³/mol. The Morgan fingerprint density at radius 1 is 1.21 bits per heavy atom. The van der Waals surface area contributed by atoms with Crippen molar-refractivity contribution in [2.24, 2.45) is 0 Å². The smallest absolute Gasteiger partial charge is 0.262 e. The maximum absolute atomic E-state index is 11.7. The zero-order valence-corrected chi connectivity index (χ0v) is 10.7. The van der Waals surface area contributed by atoms with Gasteiger partial charge in [-0.2, -0.15) is 0 Å². The number of ether oxygens (including phenoxy) is 1. The summed E-state index contributed by atoms with van der Waals surface area (Å²) in [5.41, 5.74) is 8.13. The summed E-state index contributed by atoms with van der Waals surface area (Å²) in [6.45, 7) is 1.95. The fourth-order valence-corrected chi connectivity index (χ4v) is 1.59. The van der Waals surface area contributed by atoms with Crippen LogP contribution in [0.4, 0.5) is 11.4 Å². The van der Waals surface area contributed by atoms with Crippen LogP contribution < -0.4 is 15.8 Å². The van der Waals surface area contributed by atoms with Crippen molar-refractivity contribution in [3.05, 3.63) is 54.1 Å². The minimum absolute atomic E-state index is 0.0443. The number of carbonyl (C=O) groups excluding carboxylic acids is 1. The van der Waals surface area contributed by atoms with Crippen molar-refractivity contribution in [1.29, 1.82) is 0 Å². The first kappa shape index (κ1) is 13.0. The molecule has 0 saturated heterocycles. The molecule has 0 aromatic heterocycles. The molecule has 0 atom stereocenters. The van der Waals surface area contributed by atoms with Crippen molar-refractivity contribution in [2.75, 3.05) is 17.7 Å². The number of hydrogen-bond acceptors (Lipinski definition) is 3. The maximum atomic E-state index is 11.7. The number of carbonyl (C=O) groups is 1. The third kappa shape index (κ3) is 4.03. The summed E-state index contributed by atoms with van der Waals surface area (Å²) in [6, 6.07) is 14.6. The highest BCUT2D eigenvalue weighted by Crippen LogP contribution is 2.14. The molecule has 0 unspecified atom stereocenters. The number of nitrogen functional groups attached to an aromatic ring is 1. The Hall–Kier alpha value is -2.49. The van der Waals surface area contributed by atoms with E-state index in [9.17, 15) is 4.79 Å². The Balaban J connectivity index is 1.86. The second-order valence-electron chi connectivity index (χ2n) is 4.28. The Kier molecular flexibility index (Phi) is 4.03. The number of benzene rings is 2. The molecule has 2 rings (SSSR count). The molecule has 2 aromatic carbocycles. The first-order chi connectivity index (χ1) is 9.13. The molecule has 0 aliphatic rings. The van der Waals surface area contributed by atoms with Gasteiger partial charge in [-0.05, 0) is 31.2 Å². The highest BCUT2D eigenvalue weighted by molar-refractivity contribution is 5.91. The van der Waals surface area contributed by atoms with Crippen molar-refractivity contribution < 1.29 is 9.53 Å². The van der Waals surface area contributed by atoms with E-state index in [0.717, 1.165) is 11.3 Å². The van der Waals surface area contributed by atoms with Gasteiger partial charge in [0.15, 0.2) is 6.61 Å². The van der Waals surface area contributed by atoms with Crippen LogP contribution >= 0.6 is 0 Å². The Labute approximate surface area is 112 Å². The van der Waals surface area contributed by atoms with Gasteiger partial charge in [-0.1, -0.05) is 23.8 Å². The van der Waals surface area contributed by atoms with Gasteiger partial charge in [-0.3, -0.25) is 4.79 Å². The van der Waals surface area contributed by atoms with Gasteiger partial charge >= 0.3 is 0 Å². The van der Waals surface area contributed by atoms with Crippen molar-refractivity contribution in [3.8, 4) is 5.75 Å². The molecule has 4 nitrogen and oxygen atoms in total. The largest absolute Gasteiger partial charge is 0.484 e. The van der Waals surface area contributed by atoms with E-state index in [1.54, 1.807) is 24.3 Å². The Morgan fingerprint density at radius 2 is 1.95 bits per heavy atom. The normalized spacial score (nSPS) is 9.95. The molecule has 0 radical (unpaired) electrons. The zero-order chi connectivity index (χ0) is 13.7. The zero-order valence-electron chi connectivity index (χ0n) is 10.7. The van der Waals surface area contributed by atoms with E-state index in [1.165, 1.54) is 0 Å². The van der Waals surface area contributed by atoms with E-state index >= 15 is 0 Å². The van der Waals surface area contributed by atoms with E-state index in [-0.39, 0.29) is 12.5 Å². The summed E-state index contributed by atoms with van der Waals surface area (Å²) < 4.78 is 5.35. The van der Waals surface area contributed by atoms with Crippen LogP contribution in [0.3, 0.4) is 0 Å². The van der Waals surface area contributed by atoms with E-state index in [1.807, 2.05) is 31.2 Å². The van der Waals surface area contributed by atoms with Gasteiger partial charge in [0, 0.05) is 17.4 Å². The maximum Gasteiger partial charge on any atom is 0.262 e. The number of nitrogens with one attached hydrogen (secondary N) is 1. The van der Waals surface area contributed by atoms with Crippen LogP contribution in [0.25, 0.3) is 0 Å². The number of anilines is 2. The Morgan fingerprint density at radius 3 is 2.63 bits per heavy atom. The molecule has 0 heterocycles. The van der Waals surface area contributed by atoms with E-state index < -0.39 is 0 Å². The number of nitrogens with two attached hydrogens (primary N) is 1. The average molecular weight is 256 g/mol. The van der Waals surface area contributed by atoms with Crippen LogP contribution in [0.15, 0.2) is 48.5 Å². The number of aryl methyl sites for hydroxylation is 1. The van der Waals surface area contributed by atoms with Gasteiger partial charge < -0.3 is 15.8 Å². The summed E-state index contributed by atoms with van der Waals surface area (Å²) in [4.78, 5) is 11.7. The van der Waals surface area contributed by atoms with Crippen molar-refractivity contribution in [3.63, 3.8) is 0 Å². The topological polar surface area (TPSA) is 64.3 Å². The lowest BCUT2D eigenvalue weighted by molar-refractivity contribution is -0.118. The van der Waals surface area contributed by atoms with Gasteiger partial charge in [0.2, 0.25) is 0 Å². The van der Waals surface area contributed by atoms with E-state index in [0.29, 0.717) is 11.4 Å². The van der Waals surface area contributed by atoms with Crippen LogP contribution in [0, 0.1) is 6.92 Å². The molecule has 2 aromatic rings. The van der Waals surface area contributed by atoms with Crippen LogP contribution in [-0.2, 0) is 4.79 Å². The van der Waals surface area contributed by atoms with Crippen molar-refractivity contribution >= 4 is 17.3 Å². The molecule has 0 aliphatic carbocycles. The molecule has 19 heavy (non-hydrogen) atoms. The van der Waals surface area contributed by atoms with Gasteiger partial charge in [0.25, 0.3) is 5.91 Å². The predicted octanol–water partition coefficient (Wildman–Crippen LogP) is 2.59. The van der Waals surface area contributed by atoms with Crippen LogP contribution in [-0.4, -0.2) is 12.5 Å². The van der Waals surface area contributed by atoms with Gasteiger partial charge in [-0.25, -0.2) is 0 Å². The molecular formula is C15H16N2O2. The lowest BCUT2D eigenvalue weighted by Crippen LogP contribution is -2.20. The second-order valence-corrected chi connectivity index (χ2v) is 4.28. The number of rotatable bonds is 4. The summed E-state index contributed by atoms with van der Waals surface area (Å²) >= 11 is 0. The van der Waals surface area contributed by atoms with Gasteiger partial charge in [0.05, 0.1) is 0 Å². The molecule has 98 valence electrons. The SMILES string of the molecule is Cc1ccc(NC(=O)COc2cccc(N)c2)cc1. The summed E-state index contributed by atoms with van der Waals surface area (Å²) in [5.74, 6) is 0.380. The first-order valence-corrected chi connectivity index (χ1v) is 5.98. The molecule has 0 fully saturated rings. The standard InChI is InChI=1S/C15H16N2O2/c1-11-5-7-13(8-6-11)17-15(18)10-19-14-4-2-3-12(16)9-14/h2-9H,10,16H2,1H3,(H,17,18). The fourth-order valence-electron chi connectivity index (χ4n) is 1.59. The summed E-state index contributed by atoms with van der Waals surface area (Å²) in [6.07, 6.45) is 0. The second kappa shape index (κ2) is 5.91. The fraction of sp³-hybridized carbons (Fsp3) is 0.133. The van der Waals surface area contributed by atoms with Crippen LogP contribution in [0.5, 0.6) is 5.75 Å². The summed E-state index contributed by atoms with van der Waals surface area (Å²) in [7, 11) is 0. The molecule has 0 aliphatic heterocycles. The van der Waals surface area contributed by atoms with E-state index in [4.69, 9.17) is 10.5 Å².